The Balaban J connectivity index is 2.15. The van der Waals surface area contributed by atoms with Gasteiger partial charge in [0.15, 0.2) is 0 Å². The van der Waals surface area contributed by atoms with Gasteiger partial charge in [0.2, 0.25) is 0 Å². The van der Waals surface area contributed by atoms with Gasteiger partial charge in [-0.25, -0.2) is 4.39 Å². The first-order valence-corrected chi connectivity index (χ1v) is 7.65. The summed E-state index contributed by atoms with van der Waals surface area (Å²) in [6, 6.07) is 4.66. The van der Waals surface area contributed by atoms with Crippen LogP contribution in [0.1, 0.15) is 24.8 Å². The summed E-state index contributed by atoms with van der Waals surface area (Å²) >= 11 is 7.70. The summed E-state index contributed by atoms with van der Waals surface area (Å²) in [5.41, 5.74) is 0.640. The molecule has 0 aliphatic carbocycles. The van der Waals surface area contributed by atoms with Gasteiger partial charge in [-0.1, -0.05) is 18.0 Å². The lowest BCUT2D eigenvalue weighted by molar-refractivity contribution is 0.574. The van der Waals surface area contributed by atoms with Crippen molar-refractivity contribution >= 4 is 23.4 Å². The van der Waals surface area contributed by atoms with Gasteiger partial charge in [-0.15, -0.1) is 0 Å². The summed E-state index contributed by atoms with van der Waals surface area (Å²) < 4.78 is 13.3. The number of rotatable bonds is 8. The van der Waals surface area contributed by atoms with Gasteiger partial charge in [0, 0.05) is 17.1 Å². The summed E-state index contributed by atoms with van der Waals surface area (Å²) in [4.78, 5) is 0. The van der Waals surface area contributed by atoms with E-state index in [1.807, 2.05) is 11.8 Å². The minimum absolute atomic E-state index is 0.190. The van der Waals surface area contributed by atoms with Gasteiger partial charge in [-0.3, -0.25) is 0 Å². The number of unbranched alkanes of at least 4 members (excludes halogenated alkanes) is 2. The second-order valence-corrected chi connectivity index (χ2v) is 5.39. The molecule has 0 amide bonds. The SMILES string of the molecule is CSCCCCCNCc1cc(Cl)ccc1F. The molecule has 0 atom stereocenters. The molecule has 0 radical (unpaired) electrons. The molecule has 0 heterocycles. The molecule has 1 aromatic carbocycles. The van der Waals surface area contributed by atoms with E-state index in [2.05, 4.69) is 11.6 Å². The first-order valence-electron chi connectivity index (χ1n) is 5.87. The molecule has 1 N–H and O–H groups in total. The van der Waals surface area contributed by atoms with E-state index in [0.29, 0.717) is 17.1 Å². The highest BCUT2D eigenvalue weighted by Crippen LogP contribution is 2.14. The second kappa shape index (κ2) is 8.78. The van der Waals surface area contributed by atoms with Crippen LogP contribution in [0, 0.1) is 5.82 Å². The van der Waals surface area contributed by atoms with E-state index in [-0.39, 0.29) is 5.82 Å². The van der Waals surface area contributed by atoms with Crippen molar-refractivity contribution in [3.05, 3.63) is 34.6 Å². The van der Waals surface area contributed by atoms with Crippen LogP contribution in [-0.2, 0) is 6.54 Å². The Morgan fingerprint density at radius 1 is 1.29 bits per heavy atom. The summed E-state index contributed by atoms with van der Waals surface area (Å²) in [6.07, 6.45) is 5.75. The van der Waals surface area contributed by atoms with Crippen molar-refractivity contribution in [2.45, 2.75) is 25.8 Å². The van der Waals surface area contributed by atoms with Crippen molar-refractivity contribution in [2.24, 2.45) is 0 Å². The molecule has 0 aliphatic heterocycles. The Hall–Kier alpha value is -0.250. The summed E-state index contributed by atoms with van der Waals surface area (Å²) in [5.74, 6) is 1.03. The average Bonchev–Trinajstić information content (AvgIpc) is 2.32. The van der Waals surface area contributed by atoms with Crippen LogP contribution in [0.15, 0.2) is 18.2 Å². The molecule has 4 heteroatoms. The fraction of sp³-hybridized carbons (Fsp3) is 0.538. The third kappa shape index (κ3) is 6.29. The van der Waals surface area contributed by atoms with E-state index in [1.165, 1.54) is 24.7 Å². The van der Waals surface area contributed by atoms with Crippen molar-refractivity contribution < 1.29 is 4.39 Å². The molecule has 0 unspecified atom stereocenters. The molecule has 96 valence electrons. The quantitative estimate of drug-likeness (QED) is 0.717. The Morgan fingerprint density at radius 3 is 2.88 bits per heavy atom. The van der Waals surface area contributed by atoms with Crippen molar-refractivity contribution in [1.29, 1.82) is 0 Å². The lowest BCUT2D eigenvalue weighted by Crippen LogP contribution is -2.15. The summed E-state index contributed by atoms with van der Waals surface area (Å²) in [7, 11) is 0. The number of thioether (sulfide) groups is 1. The van der Waals surface area contributed by atoms with E-state index in [9.17, 15) is 4.39 Å². The Labute approximate surface area is 112 Å². The number of benzene rings is 1. The summed E-state index contributed by atoms with van der Waals surface area (Å²) in [6.45, 7) is 1.48. The number of hydrogen-bond acceptors (Lipinski definition) is 2. The molecule has 0 saturated carbocycles. The number of hydrogen-bond donors (Lipinski definition) is 1. The highest BCUT2D eigenvalue weighted by molar-refractivity contribution is 7.98. The first kappa shape index (κ1) is 14.8. The molecule has 17 heavy (non-hydrogen) atoms. The van der Waals surface area contributed by atoms with Crippen LogP contribution >= 0.6 is 23.4 Å². The maximum Gasteiger partial charge on any atom is 0.127 e. The third-order valence-electron chi connectivity index (χ3n) is 2.53. The van der Waals surface area contributed by atoms with Gasteiger partial charge >= 0.3 is 0 Å². The fourth-order valence-electron chi connectivity index (χ4n) is 1.58. The van der Waals surface area contributed by atoms with Crippen LogP contribution < -0.4 is 5.32 Å². The maximum atomic E-state index is 13.3. The molecule has 0 saturated heterocycles. The largest absolute Gasteiger partial charge is 0.313 e. The minimum Gasteiger partial charge on any atom is -0.313 e. The normalized spacial score (nSPS) is 10.8. The lowest BCUT2D eigenvalue weighted by atomic mass is 10.2. The van der Waals surface area contributed by atoms with Crippen LogP contribution in [0.4, 0.5) is 4.39 Å². The van der Waals surface area contributed by atoms with Gasteiger partial charge in [0.1, 0.15) is 5.82 Å². The molecule has 0 fully saturated rings. The first-order chi connectivity index (χ1) is 8.24. The topological polar surface area (TPSA) is 12.0 Å². The molecule has 1 aromatic rings. The zero-order chi connectivity index (χ0) is 12.5. The van der Waals surface area contributed by atoms with Gasteiger partial charge in [-0.05, 0) is 49.6 Å². The zero-order valence-corrected chi connectivity index (χ0v) is 11.7. The van der Waals surface area contributed by atoms with Crippen LogP contribution in [0.2, 0.25) is 5.02 Å². The van der Waals surface area contributed by atoms with E-state index in [0.717, 1.165) is 13.0 Å². The molecule has 0 bridgehead atoms. The van der Waals surface area contributed by atoms with Crippen LogP contribution in [-0.4, -0.2) is 18.6 Å². The standard InChI is InChI=1S/C13H19ClFNS/c1-17-8-4-2-3-7-16-10-11-9-12(14)5-6-13(11)15/h5-6,9,16H,2-4,7-8,10H2,1H3. The number of nitrogens with one attached hydrogen (secondary N) is 1. The van der Waals surface area contributed by atoms with E-state index in [1.54, 1.807) is 12.1 Å². The monoisotopic (exact) mass is 275 g/mol. The molecule has 1 rings (SSSR count). The van der Waals surface area contributed by atoms with E-state index in [4.69, 9.17) is 11.6 Å². The zero-order valence-electron chi connectivity index (χ0n) is 10.1. The highest BCUT2D eigenvalue weighted by atomic mass is 35.5. The van der Waals surface area contributed by atoms with Gasteiger partial charge in [0.05, 0.1) is 0 Å². The van der Waals surface area contributed by atoms with Crippen molar-refractivity contribution in [3.8, 4) is 0 Å². The predicted molar refractivity (Wildman–Crippen MR) is 75.3 cm³/mol. The molecule has 0 spiro atoms. The van der Waals surface area contributed by atoms with Crippen molar-refractivity contribution in [3.63, 3.8) is 0 Å². The van der Waals surface area contributed by atoms with Gasteiger partial charge in [0.25, 0.3) is 0 Å². The minimum atomic E-state index is -0.190. The summed E-state index contributed by atoms with van der Waals surface area (Å²) in [5, 5.41) is 3.83. The van der Waals surface area contributed by atoms with Crippen molar-refractivity contribution in [1.82, 2.24) is 5.32 Å². The maximum absolute atomic E-state index is 13.3. The van der Waals surface area contributed by atoms with Gasteiger partial charge in [-0.2, -0.15) is 11.8 Å². The second-order valence-electron chi connectivity index (χ2n) is 3.97. The molecule has 1 nitrogen and oxygen atoms in total. The average molecular weight is 276 g/mol. The Morgan fingerprint density at radius 2 is 2.12 bits per heavy atom. The fourth-order valence-corrected chi connectivity index (χ4v) is 2.26. The van der Waals surface area contributed by atoms with Gasteiger partial charge < -0.3 is 5.32 Å². The number of halogens is 2. The molecule has 0 aliphatic rings. The van der Waals surface area contributed by atoms with Crippen LogP contribution in [0.5, 0.6) is 0 Å². The van der Waals surface area contributed by atoms with Crippen molar-refractivity contribution in [2.75, 3.05) is 18.6 Å². The Kier molecular flexibility index (Phi) is 7.65. The molecule has 0 aromatic heterocycles. The van der Waals surface area contributed by atoms with Crippen LogP contribution in [0.25, 0.3) is 0 Å². The highest BCUT2D eigenvalue weighted by Gasteiger charge is 2.01. The smallest absolute Gasteiger partial charge is 0.127 e. The van der Waals surface area contributed by atoms with Crippen LogP contribution in [0.3, 0.4) is 0 Å². The Bertz CT molecular complexity index is 333. The van der Waals surface area contributed by atoms with E-state index < -0.39 is 0 Å². The molecular formula is C13H19ClFNS. The predicted octanol–water partition coefficient (Wildman–Crippen LogP) is 4.10. The third-order valence-corrected chi connectivity index (χ3v) is 3.46. The van der Waals surface area contributed by atoms with E-state index >= 15 is 0 Å². The molecular weight excluding hydrogens is 257 g/mol. The lowest BCUT2D eigenvalue weighted by Gasteiger charge is -2.06.